The van der Waals surface area contributed by atoms with E-state index in [1.807, 2.05) is 0 Å². The molecule has 0 aromatic carbocycles. The highest BCUT2D eigenvalue weighted by molar-refractivity contribution is 4.87. The Morgan fingerprint density at radius 1 is 1.25 bits per heavy atom. The van der Waals surface area contributed by atoms with Gasteiger partial charge in [0, 0.05) is 25.2 Å². The molecule has 2 fully saturated rings. The van der Waals surface area contributed by atoms with Crippen LogP contribution < -0.4 is 10.6 Å². The van der Waals surface area contributed by atoms with E-state index >= 15 is 0 Å². The fourth-order valence-electron chi connectivity index (χ4n) is 2.87. The van der Waals surface area contributed by atoms with Crippen LogP contribution in [0.5, 0.6) is 0 Å². The molecule has 94 valence electrons. The van der Waals surface area contributed by atoms with Crippen LogP contribution in [0.15, 0.2) is 0 Å². The highest BCUT2D eigenvalue weighted by Crippen LogP contribution is 2.40. The molecule has 16 heavy (non-hydrogen) atoms. The van der Waals surface area contributed by atoms with Gasteiger partial charge in [0.25, 0.3) is 0 Å². The molecule has 0 amide bonds. The molecule has 2 heteroatoms. The lowest BCUT2D eigenvalue weighted by Gasteiger charge is -2.29. The molecule has 2 aliphatic rings. The van der Waals surface area contributed by atoms with E-state index in [4.69, 9.17) is 0 Å². The molecular formula is C14H28N2. The smallest absolute Gasteiger partial charge is 0.0164 e. The molecule has 0 spiro atoms. The van der Waals surface area contributed by atoms with E-state index in [1.165, 1.54) is 51.5 Å². The van der Waals surface area contributed by atoms with Crippen LogP contribution in [-0.2, 0) is 0 Å². The van der Waals surface area contributed by atoms with Gasteiger partial charge in [0.2, 0.25) is 0 Å². The highest BCUT2D eigenvalue weighted by atomic mass is 15.0. The fraction of sp³-hybridized carbons (Fsp3) is 1.00. The predicted octanol–water partition coefficient (Wildman–Crippen LogP) is 2.69. The summed E-state index contributed by atoms with van der Waals surface area (Å²) in [5, 5.41) is 7.34. The molecule has 2 aliphatic carbocycles. The Morgan fingerprint density at radius 3 is 2.50 bits per heavy atom. The van der Waals surface area contributed by atoms with E-state index in [-0.39, 0.29) is 0 Å². The van der Waals surface area contributed by atoms with Crippen LogP contribution in [0.4, 0.5) is 0 Å². The van der Waals surface area contributed by atoms with Gasteiger partial charge in [0.05, 0.1) is 0 Å². The Hall–Kier alpha value is -0.0800. The average Bonchev–Trinajstić information content (AvgIpc) is 3.02. The molecule has 1 atom stereocenters. The minimum absolute atomic E-state index is 0.629. The maximum atomic E-state index is 3.74. The summed E-state index contributed by atoms with van der Waals surface area (Å²) in [4.78, 5) is 0. The molecule has 2 saturated carbocycles. The molecular weight excluding hydrogens is 196 g/mol. The first-order valence-electron chi connectivity index (χ1n) is 7.21. The van der Waals surface area contributed by atoms with Crippen LogP contribution in [0.3, 0.4) is 0 Å². The number of rotatable bonds is 7. The Balaban J connectivity index is 1.63. The van der Waals surface area contributed by atoms with Gasteiger partial charge in [-0.1, -0.05) is 19.8 Å². The van der Waals surface area contributed by atoms with Crippen molar-refractivity contribution in [3.63, 3.8) is 0 Å². The van der Waals surface area contributed by atoms with Crippen molar-refractivity contribution in [1.82, 2.24) is 10.6 Å². The molecule has 0 heterocycles. The van der Waals surface area contributed by atoms with E-state index < -0.39 is 0 Å². The zero-order valence-electron chi connectivity index (χ0n) is 11.0. The molecule has 0 aromatic rings. The van der Waals surface area contributed by atoms with Crippen LogP contribution in [0.25, 0.3) is 0 Å². The van der Waals surface area contributed by atoms with Gasteiger partial charge in [0.15, 0.2) is 0 Å². The van der Waals surface area contributed by atoms with Gasteiger partial charge in [-0.3, -0.25) is 0 Å². The molecule has 1 unspecified atom stereocenters. The third-order valence-electron chi connectivity index (χ3n) is 4.53. The van der Waals surface area contributed by atoms with Gasteiger partial charge in [-0.05, 0) is 44.4 Å². The lowest BCUT2D eigenvalue weighted by Crippen LogP contribution is -2.42. The summed E-state index contributed by atoms with van der Waals surface area (Å²) in [5.41, 5.74) is 0.633. The van der Waals surface area contributed by atoms with Crippen molar-refractivity contribution < 1.29 is 0 Å². The summed E-state index contributed by atoms with van der Waals surface area (Å²) in [5.74, 6) is 0. The van der Waals surface area contributed by atoms with Crippen molar-refractivity contribution in [2.75, 3.05) is 13.1 Å². The Morgan fingerprint density at radius 2 is 1.94 bits per heavy atom. The quantitative estimate of drug-likeness (QED) is 0.695. The van der Waals surface area contributed by atoms with Gasteiger partial charge in [-0.15, -0.1) is 0 Å². The average molecular weight is 224 g/mol. The second kappa shape index (κ2) is 5.50. The maximum Gasteiger partial charge on any atom is 0.0164 e. The van der Waals surface area contributed by atoms with Gasteiger partial charge < -0.3 is 10.6 Å². The minimum atomic E-state index is 0.629. The summed E-state index contributed by atoms with van der Waals surface area (Å²) in [6.45, 7) is 7.05. The first-order chi connectivity index (χ1) is 7.74. The monoisotopic (exact) mass is 224 g/mol. The molecule has 0 saturated heterocycles. The summed E-state index contributed by atoms with van der Waals surface area (Å²) in [6, 6.07) is 1.47. The minimum Gasteiger partial charge on any atom is -0.312 e. The number of hydrogen-bond acceptors (Lipinski definition) is 2. The van der Waals surface area contributed by atoms with Crippen molar-refractivity contribution in [2.45, 2.75) is 70.9 Å². The van der Waals surface area contributed by atoms with Crippen LogP contribution in [0.2, 0.25) is 0 Å². The fourth-order valence-corrected chi connectivity index (χ4v) is 2.87. The second-order valence-corrected chi connectivity index (χ2v) is 6.03. The highest BCUT2D eigenvalue weighted by Gasteiger charge is 2.31. The van der Waals surface area contributed by atoms with E-state index in [0.717, 1.165) is 12.6 Å². The van der Waals surface area contributed by atoms with Gasteiger partial charge >= 0.3 is 0 Å². The van der Waals surface area contributed by atoms with Gasteiger partial charge in [-0.2, -0.15) is 0 Å². The molecule has 0 aliphatic heterocycles. The molecule has 0 radical (unpaired) electrons. The summed E-state index contributed by atoms with van der Waals surface area (Å²) < 4.78 is 0. The first kappa shape index (κ1) is 12.4. The number of nitrogens with one attached hydrogen (secondary N) is 2. The lowest BCUT2D eigenvalue weighted by atomic mass is 9.83. The Bertz CT molecular complexity index is 205. The van der Waals surface area contributed by atoms with Crippen molar-refractivity contribution in [1.29, 1.82) is 0 Å². The first-order valence-corrected chi connectivity index (χ1v) is 7.21. The molecule has 2 nitrogen and oxygen atoms in total. The van der Waals surface area contributed by atoms with Gasteiger partial charge in [0.1, 0.15) is 0 Å². The third kappa shape index (κ3) is 3.46. The van der Waals surface area contributed by atoms with Crippen LogP contribution >= 0.6 is 0 Å². The molecule has 2 rings (SSSR count). The maximum absolute atomic E-state index is 3.74. The number of hydrogen-bond donors (Lipinski definition) is 2. The zero-order chi connectivity index (χ0) is 11.4. The summed E-state index contributed by atoms with van der Waals surface area (Å²) in [6.07, 6.45) is 9.92. The molecule has 0 bridgehead atoms. The van der Waals surface area contributed by atoms with E-state index in [1.54, 1.807) is 0 Å². The topological polar surface area (TPSA) is 24.1 Å². The van der Waals surface area contributed by atoms with E-state index in [9.17, 15) is 0 Å². The van der Waals surface area contributed by atoms with Crippen LogP contribution in [-0.4, -0.2) is 25.2 Å². The van der Waals surface area contributed by atoms with Crippen molar-refractivity contribution in [3.8, 4) is 0 Å². The molecule has 2 N–H and O–H groups in total. The summed E-state index contributed by atoms with van der Waals surface area (Å²) in [7, 11) is 0. The SMILES string of the molecule is CCC1(CNC(C)CNC2CC2)CCCC1. The Labute approximate surface area is 101 Å². The Kier molecular flexibility index (Phi) is 4.26. The van der Waals surface area contributed by atoms with E-state index in [0.29, 0.717) is 11.5 Å². The van der Waals surface area contributed by atoms with Crippen molar-refractivity contribution >= 4 is 0 Å². The lowest BCUT2D eigenvalue weighted by molar-refractivity contribution is 0.256. The standard InChI is InChI=1S/C14H28N2/c1-3-14(8-4-5-9-14)11-16-12(2)10-15-13-6-7-13/h12-13,15-16H,3-11H2,1-2H3. The molecule has 0 aromatic heterocycles. The third-order valence-corrected chi connectivity index (χ3v) is 4.53. The normalized spacial score (nSPS) is 25.9. The van der Waals surface area contributed by atoms with Crippen molar-refractivity contribution in [2.24, 2.45) is 5.41 Å². The van der Waals surface area contributed by atoms with Crippen LogP contribution in [0, 0.1) is 5.41 Å². The summed E-state index contributed by atoms with van der Waals surface area (Å²) >= 11 is 0. The predicted molar refractivity (Wildman–Crippen MR) is 69.7 cm³/mol. The van der Waals surface area contributed by atoms with Gasteiger partial charge in [-0.25, -0.2) is 0 Å². The van der Waals surface area contributed by atoms with E-state index in [2.05, 4.69) is 24.5 Å². The van der Waals surface area contributed by atoms with Crippen molar-refractivity contribution in [3.05, 3.63) is 0 Å². The second-order valence-electron chi connectivity index (χ2n) is 6.03. The van der Waals surface area contributed by atoms with Crippen LogP contribution in [0.1, 0.15) is 58.8 Å². The zero-order valence-corrected chi connectivity index (χ0v) is 11.0. The largest absolute Gasteiger partial charge is 0.312 e.